The fourth-order valence-corrected chi connectivity index (χ4v) is 2.29. The Morgan fingerprint density at radius 3 is 2.62 bits per heavy atom. The summed E-state index contributed by atoms with van der Waals surface area (Å²) >= 11 is 0. The van der Waals surface area contributed by atoms with Crippen molar-refractivity contribution in [3.05, 3.63) is 0 Å². The first kappa shape index (κ1) is 10.7. The third-order valence-electron chi connectivity index (χ3n) is 3.28. The molecule has 0 saturated carbocycles. The summed E-state index contributed by atoms with van der Waals surface area (Å²) in [4.78, 5) is 14.0. The molecule has 2 nitrogen and oxygen atoms in total. The number of piperidine rings is 1. The number of carbonyl (C=O) groups is 1. The van der Waals surface area contributed by atoms with E-state index in [0.717, 1.165) is 32.4 Å². The Morgan fingerprint density at radius 1 is 1.46 bits per heavy atom. The zero-order valence-corrected chi connectivity index (χ0v) is 9.05. The second kappa shape index (κ2) is 4.75. The van der Waals surface area contributed by atoms with Crippen LogP contribution in [0.5, 0.6) is 0 Å². The van der Waals surface area contributed by atoms with Crippen LogP contribution >= 0.6 is 0 Å². The van der Waals surface area contributed by atoms with Gasteiger partial charge in [-0.2, -0.15) is 0 Å². The van der Waals surface area contributed by atoms with Gasteiger partial charge in [0.2, 0.25) is 0 Å². The number of nitrogens with zero attached hydrogens (tertiary/aromatic N) is 1. The van der Waals surface area contributed by atoms with Gasteiger partial charge in [-0.3, -0.25) is 4.79 Å². The molecule has 0 bridgehead atoms. The molecule has 1 aliphatic heterocycles. The van der Waals surface area contributed by atoms with Crippen molar-refractivity contribution in [2.24, 2.45) is 11.8 Å². The molecule has 1 heterocycles. The third kappa shape index (κ3) is 2.53. The minimum Gasteiger partial charge on any atom is -0.305 e. The van der Waals surface area contributed by atoms with Gasteiger partial charge in [0.1, 0.15) is 5.78 Å². The molecule has 0 N–H and O–H groups in total. The van der Waals surface area contributed by atoms with Gasteiger partial charge >= 0.3 is 0 Å². The van der Waals surface area contributed by atoms with E-state index >= 15 is 0 Å². The molecule has 13 heavy (non-hydrogen) atoms. The molecular formula is C11H21NO. The molecule has 1 rings (SSSR count). The molecule has 0 amide bonds. The van der Waals surface area contributed by atoms with Gasteiger partial charge in [0.25, 0.3) is 0 Å². The number of hydrogen-bond donors (Lipinski definition) is 0. The molecule has 0 aromatic carbocycles. The van der Waals surface area contributed by atoms with Crippen molar-refractivity contribution in [3.63, 3.8) is 0 Å². The summed E-state index contributed by atoms with van der Waals surface area (Å²) in [6.45, 7) is 6.31. The monoisotopic (exact) mass is 183 g/mol. The maximum atomic E-state index is 11.7. The number of hydrogen-bond acceptors (Lipinski definition) is 2. The largest absolute Gasteiger partial charge is 0.305 e. The number of rotatable bonds is 3. The third-order valence-corrected chi connectivity index (χ3v) is 3.28. The number of ketones is 1. The summed E-state index contributed by atoms with van der Waals surface area (Å²) in [5, 5.41) is 0. The van der Waals surface area contributed by atoms with Crippen molar-refractivity contribution in [1.29, 1.82) is 0 Å². The molecule has 76 valence electrons. The van der Waals surface area contributed by atoms with Crippen molar-refractivity contribution in [1.82, 2.24) is 4.90 Å². The van der Waals surface area contributed by atoms with Crippen LogP contribution in [-0.2, 0) is 4.79 Å². The lowest BCUT2D eigenvalue weighted by Gasteiger charge is -2.33. The maximum absolute atomic E-state index is 11.7. The first-order valence-electron chi connectivity index (χ1n) is 5.40. The SMILES string of the molecule is CCC(CC)C1CN(C)CCC1=O. The van der Waals surface area contributed by atoms with Crippen LogP contribution in [0.3, 0.4) is 0 Å². The zero-order chi connectivity index (χ0) is 9.84. The molecule has 0 aromatic rings. The fourth-order valence-electron chi connectivity index (χ4n) is 2.29. The van der Waals surface area contributed by atoms with E-state index in [4.69, 9.17) is 0 Å². The predicted molar refractivity (Wildman–Crippen MR) is 54.7 cm³/mol. The van der Waals surface area contributed by atoms with Crippen LogP contribution in [-0.4, -0.2) is 30.8 Å². The fraction of sp³-hybridized carbons (Fsp3) is 0.909. The lowest BCUT2D eigenvalue weighted by atomic mass is 9.81. The van der Waals surface area contributed by atoms with Crippen LogP contribution < -0.4 is 0 Å². The Labute approximate surface area is 81.3 Å². The van der Waals surface area contributed by atoms with E-state index < -0.39 is 0 Å². The number of likely N-dealkylation sites (tertiary alicyclic amines) is 1. The maximum Gasteiger partial charge on any atom is 0.138 e. The summed E-state index contributed by atoms with van der Waals surface area (Å²) in [6.07, 6.45) is 3.04. The van der Waals surface area contributed by atoms with Crippen LogP contribution in [0.1, 0.15) is 33.1 Å². The summed E-state index contributed by atoms with van der Waals surface area (Å²) in [6, 6.07) is 0. The Bertz CT molecular complexity index is 175. The van der Waals surface area contributed by atoms with Gasteiger partial charge in [-0.25, -0.2) is 0 Å². The Balaban J connectivity index is 2.58. The highest BCUT2D eigenvalue weighted by molar-refractivity contribution is 5.82. The molecule has 2 heteroatoms. The van der Waals surface area contributed by atoms with Gasteiger partial charge in [-0.15, -0.1) is 0 Å². The quantitative estimate of drug-likeness (QED) is 0.666. The van der Waals surface area contributed by atoms with E-state index in [-0.39, 0.29) is 0 Å². The van der Waals surface area contributed by atoms with Crippen molar-refractivity contribution in [2.75, 3.05) is 20.1 Å². The average molecular weight is 183 g/mol. The summed E-state index contributed by atoms with van der Waals surface area (Å²) in [5.74, 6) is 1.41. The summed E-state index contributed by atoms with van der Waals surface area (Å²) in [5.41, 5.74) is 0. The average Bonchev–Trinajstić information content (AvgIpc) is 2.13. The molecule has 0 aliphatic carbocycles. The minimum absolute atomic E-state index is 0.314. The topological polar surface area (TPSA) is 20.3 Å². The normalized spacial score (nSPS) is 25.5. The van der Waals surface area contributed by atoms with E-state index in [1.165, 1.54) is 0 Å². The van der Waals surface area contributed by atoms with Crippen molar-refractivity contribution >= 4 is 5.78 Å². The lowest BCUT2D eigenvalue weighted by molar-refractivity contribution is -0.128. The Hall–Kier alpha value is -0.370. The van der Waals surface area contributed by atoms with Gasteiger partial charge in [-0.05, 0) is 13.0 Å². The van der Waals surface area contributed by atoms with E-state index in [0.29, 0.717) is 17.6 Å². The van der Waals surface area contributed by atoms with Crippen LogP contribution in [0.15, 0.2) is 0 Å². The standard InChI is InChI=1S/C11H21NO/c1-4-9(5-2)10-8-12(3)7-6-11(10)13/h9-10H,4-8H2,1-3H3. The molecule has 1 fully saturated rings. The number of carbonyl (C=O) groups excluding carboxylic acids is 1. The van der Waals surface area contributed by atoms with E-state index in [1.807, 2.05) is 0 Å². The highest BCUT2D eigenvalue weighted by Crippen LogP contribution is 2.25. The molecule has 1 aliphatic rings. The van der Waals surface area contributed by atoms with Crippen molar-refractivity contribution in [2.45, 2.75) is 33.1 Å². The van der Waals surface area contributed by atoms with Crippen LogP contribution in [0, 0.1) is 11.8 Å². The smallest absolute Gasteiger partial charge is 0.138 e. The molecule has 0 aromatic heterocycles. The molecular weight excluding hydrogens is 162 g/mol. The lowest BCUT2D eigenvalue weighted by Crippen LogP contribution is -2.41. The van der Waals surface area contributed by atoms with E-state index in [2.05, 4.69) is 25.8 Å². The number of Topliss-reactive ketones (excluding diaryl/α,β-unsaturated/α-hetero) is 1. The molecule has 1 unspecified atom stereocenters. The van der Waals surface area contributed by atoms with Gasteiger partial charge in [0.15, 0.2) is 0 Å². The van der Waals surface area contributed by atoms with E-state index in [1.54, 1.807) is 0 Å². The second-order valence-electron chi connectivity index (χ2n) is 4.16. The zero-order valence-electron chi connectivity index (χ0n) is 9.05. The Kier molecular flexibility index (Phi) is 3.91. The molecule has 1 atom stereocenters. The van der Waals surface area contributed by atoms with Gasteiger partial charge in [-0.1, -0.05) is 26.7 Å². The molecule has 0 spiro atoms. The Morgan fingerprint density at radius 2 is 2.08 bits per heavy atom. The van der Waals surface area contributed by atoms with Gasteiger partial charge in [0.05, 0.1) is 0 Å². The molecule has 1 saturated heterocycles. The highest BCUT2D eigenvalue weighted by atomic mass is 16.1. The summed E-state index contributed by atoms with van der Waals surface area (Å²) < 4.78 is 0. The second-order valence-corrected chi connectivity index (χ2v) is 4.16. The highest BCUT2D eigenvalue weighted by Gasteiger charge is 2.30. The van der Waals surface area contributed by atoms with Crippen molar-refractivity contribution < 1.29 is 4.79 Å². The van der Waals surface area contributed by atoms with E-state index in [9.17, 15) is 4.79 Å². The predicted octanol–water partition coefficient (Wildman–Crippen LogP) is 1.94. The summed E-state index contributed by atoms with van der Waals surface area (Å²) in [7, 11) is 2.11. The van der Waals surface area contributed by atoms with Crippen LogP contribution in [0.2, 0.25) is 0 Å². The first-order valence-corrected chi connectivity index (χ1v) is 5.40. The van der Waals surface area contributed by atoms with Gasteiger partial charge in [0, 0.05) is 25.4 Å². The molecule has 0 radical (unpaired) electrons. The van der Waals surface area contributed by atoms with Crippen molar-refractivity contribution in [3.8, 4) is 0 Å². The van der Waals surface area contributed by atoms with Gasteiger partial charge < -0.3 is 4.90 Å². The minimum atomic E-state index is 0.314. The first-order chi connectivity index (χ1) is 6.19. The van der Waals surface area contributed by atoms with Crippen LogP contribution in [0.4, 0.5) is 0 Å². The van der Waals surface area contributed by atoms with Crippen LogP contribution in [0.25, 0.3) is 0 Å².